The Labute approximate surface area is 113 Å². The van der Waals surface area contributed by atoms with Gasteiger partial charge in [0, 0.05) is 24.7 Å². The van der Waals surface area contributed by atoms with Gasteiger partial charge in [-0.05, 0) is 26.0 Å². The predicted molar refractivity (Wildman–Crippen MR) is 72.7 cm³/mol. The second kappa shape index (κ2) is 7.74. The van der Waals surface area contributed by atoms with Crippen LogP contribution in [-0.4, -0.2) is 26.1 Å². The lowest BCUT2D eigenvalue weighted by Crippen LogP contribution is -2.25. The number of amides is 1. The van der Waals surface area contributed by atoms with Crippen molar-refractivity contribution in [3.63, 3.8) is 0 Å². The fourth-order valence-electron chi connectivity index (χ4n) is 1.64. The smallest absolute Gasteiger partial charge is 0.257 e. The molecule has 2 N–H and O–H groups in total. The minimum Gasteiger partial charge on any atom is -0.484 e. The monoisotopic (exact) mass is 268 g/mol. The summed E-state index contributed by atoms with van der Waals surface area (Å²) in [7, 11) is 1.52. The lowest BCUT2D eigenvalue weighted by Gasteiger charge is -2.15. The maximum absolute atomic E-state index is 13.9. The number of hydrogen-bond acceptors (Lipinski definition) is 3. The van der Waals surface area contributed by atoms with E-state index in [0.717, 1.165) is 13.0 Å². The van der Waals surface area contributed by atoms with Crippen LogP contribution in [0.25, 0.3) is 0 Å². The van der Waals surface area contributed by atoms with Crippen LogP contribution in [0.2, 0.25) is 0 Å². The molecule has 1 amide bonds. The highest BCUT2D eigenvalue weighted by atomic mass is 19.1. The molecule has 5 heteroatoms. The summed E-state index contributed by atoms with van der Waals surface area (Å²) in [6.07, 6.45) is 0.999. The van der Waals surface area contributed by atoms with Crippen LogP contribution in [0.5, 0.6) is 5.75 Å². The number of carbonyl (C=O) groups is 1. The van der Waals surface area contributed by atoms with Crippen LogP contribution in [0, 0.1) is 5.82 Å². The van der Waals surface area contributed by atoms with Gasteiger partial charge in [-0.15, -0.1) is 0 Å². The van der Waals surface area contributed by atoms with Crippen molar-refractivity contribution < 1.29 is 13.9 Å². The minimum atomic E-state index is -0.328. The number of likely N-dealkylation sites (N-methyl/N-ethyl adjacent to an activating group) is 1. The van der Waals surface area contributed by atoms with Crippen LogP contribution in [0.15, 0.2) is 18.2 Å². The van der Waals surface area contributed by atoms with Gasteiger partial charge in [-0.2, -0.15) is 0 Å². The lowest BCUT2D eigenvalue weighted by atomic mass is 10.1. The van der Waals surface area contributed by atoms with Gasteiger partial charge < -0.3 is 15.4 Å². The third kappa shape index (κ3) is 4.87. The topological polar surface area (TPSA) is 50.4 Å². The molecule has 0 aromatic heterocycles. The van der Waals surface area contributed by atoms with Gasteiger partial charge in [0.05, 0.1) is 0 Å². The molecular weight excluding hydrogens is 247 g/mol. The number of carbonyl (C=O) groups excluding carboxylic acids is 1. The van der Waals surface area contributed by atoms with Crippen molar-refractivity contribution >= 4 is 5.91 Å². The number of nitrogens with one attached hydrogen (secondary N) is 2. The summed E-state index contributed by atoms with van der Waals surface area (Å²) in [4.78, 5) is 11.0. The summed E-state index contributed by atoms with van der Waals surface area (Å²) in [6, 6.07) is 4.61. The lowest BCUT2D eigenvalue weighted by molar-refractivity contribution is -0.122. The van der Waals surface area contributed by atoms with Crippen molar-refractivity contribution in [1.82, 2.24) is 10.6 Å². The van der Waals surface area contributed by atoms with Gasteiger partial charge in [-0.25, -0.2) is 4.39 Å². The first-order valence-electron chi connectivity index (χ1n) is 6.44. The molecular formula is C14H21FN2O2. The van der Waals surface area contributed by atoms with Crippen molar-refractivity contribution in [2.45, 2.75) is 26.3 Å². The molecule has 1 rings (SSSR count). The minimum absolute atomic E-state index is 0.0482. The molecule has 19 heavy (non-hydrogen) atoms. The molecule has 0 saturated carbocycles. The Morgan fingerprint density at radius 1 is 1.47 bits per heavy atom. The fourth-order valence-corrected chi connectivity index (χ4v) is 1.64. The number of rotatable bonds is 7. The maximum atomic E-state index is 13.9. The molecule has 0 bridgehead atoms. The molecule has 0 saturated heterocycles. The van der Waals surface area contributed by atoms with E-state index in [4.69, 9.17) is 4.74 Å². The summed E-state index contributed by atoms with van der Waals surface area (Å²) in [5.41, 5.74) is 0.598. The van der Waals surface area contributed by atoms with Crippen LogP contribution in [0.1, 0.15) is 31.9 Å². The average Bonchev–Trinajstić information content (AvgIpc) is 2.42. The second-order valence-corrected chi connectivity index (χ2v) is 4.32. The second-order valence-electron chi connectivity index (χ2n) is 4.32. The Hall–Kier alpha value is -1.62. The van der Waals surface area contributed by atoms with Crippen LogP contribution in [-0.2, 0) is 4.79 Å². The van der Waals surface area contributed by atoms with Crippen molar-refractivity contribution in [1.29, 1.82) is 0 Å². The van der Waals surface area contributed by atoms with E-state index in [-0.39, 0.29) is 24.4 Å². The van der Waals surface area contributed by atoms with E-state index in [1.165, 1.54) is 13.1 Å². The number of hydrogen-bond donors (Lipinski definition) is 2. The first-order chi connectivity index (χ1) is 9.08. The molecule has 0 aliphatic rings. The first-order valence-corrected chi connectivity index (χ1v) is 6.44. The Bertz CT molecular complexity index is 424. The Balaban J connectivity index is 2.66. The Morgan fingerprint density at radius 2 is 2.21 bits per heavy atom. The Kier molecular flexibility index (Phi) is 6.29. The van der Waals surface area contributed by atoms with E-state index in [0.29, 0.717) is 11.3 Å². The van der Waals surface area contributed by atoms with Gasteiger partial charge in [0.25, 0.3) is 5.91 Å². The zero-order valence-corrected chi connectivity index (χ0v) is 11.6. The normalized spacial score (nSPS) is 12.0. The van der Waals surface area contributed by atoms with Gasteiger partial charge in [-0.1, -0.05) is 13.0 Å². The Morgan fingerprint density at radius 3 is 2.79 bits per heavy atom. The molecule has 0 spiro atoms. The van der Waals surface area contributed by atoms with Crippen molar-refractivity contribution in [3.8, 4) is 5.75 Å². The molecule has 1 aromatic rings. The fraction of sp³-hybridized carbons (Fsp3) is 0.500. The van der Waals surface area contributed by atoms with E-state index in [1.54, 1.807) is 12.1 Å². The third-order valence-corrected chi connectivity index (χ3v) is 2.79. The van der Waals surface area contributed by atoms with Gasteiger partial charge >= 0.3 is 0 Å². The summed E-state index contributed by atoms with van der Waals surface area (Å²) < 4.78 is 19.1. The van der Waals surface area contributed by atoms with Crippen LogP contribution in [0.4, 0.5) is 4.39 Å². The van der Waals surface area contributed by atoms with Crippen LogP contribution >= 0.6 is 0 Å². The van der Waals surface area contributed by atoms with E-state index in [9.17, 15) is 9.18 Å². The highest BCUT2D eigenvalue weighted by Gasteiger charge is 2.11. The van der Waals surface area contributed by atoms with Crippen molar-refractivity contribution in [2.75, 3.05) is 20.2 Å². The zero-order valence-electron chi connectivity index (χ0n) is 11.6. The van der Waals surface area contributed by atoms with Crippen molar-refractivity contribution in [3.05, 3.63) is 29.6 Å². The summed E-state index contributed by atoms with van der Waals surface area (Å²) in [5, 5.41) is 5.66. The summed E-state index contributed by atoms with van der Waals surface area (Å²) >= 11 is 0. The molecule has 0 heterocycles. The maximum Gasteiger partial charge on any atom is 0.257 e. The molecule has 0 aliphatic carbocycles. The standard InChI is InChI=1S/C14H21FN2O2/c1-4-7-17-10(2)12-6-5-11(8-13(12)15)19-9-14(18)16-3/h5-6,8,10,17H,4,7,9H2,1-3H3,(H,16,18). The number of halogens is 1. The molecule has 0 radical (unpaired) electrons. The third-order valence-electron chi connectivity index (χ3n) is 2.79. The van der Waals surface area contributed by atoms with Crippen LogP contribution < -0.4 is 15.4 Å². The van der Waals surface area contributed by atoms with Crippen molar-refractivity contribution in [2.24, 2.45) is 0 Å². The quantitative estimate of drug-likeness (QED) is 0.795. The SMILES string of the molecule is CCCNC(C)c1ccc(OCC(=O)NC)cc1F. The highest BCUT2D eigenvalue weighted by Crippen LogP contribution is 2.21. The molecule has 1 atom stereocenters. The van der Waals surface area contributed by atoms with Crippen LogP contribution in [0.3, 0.4) is 0 Å². The zero-order chi connectivity index (χ0) is 14.3. The van der Waals surface area contributed by atoms with Gasteiger partial charge in [0.1, 0.15) is 11.6 Å². The van der Waals surface area contributed by atoms with Gasteiger partial charge in [-0.3, -0.25) is 4.79 Å². The average molecular weight is 268 g/mol. The largest absolute Gasteiger partial charge is 0.484 e. The molecule has 1 aromatic carbocycles. The first kappa shape index (κ1) is 15.4. The molecule has 0 fully saturated rings. The van der Waals surface area contributed by atoms with E-state index < -0.39 is 0 Å². The van der Waals surface area contributed by atoms with E-state index in [2.05, 4.69) is 17.6 Å². The van der Waals surface area contributed by atoms with Gasteiger partial charge in [0.2, 0.25) is 0 Å². The predicted octanol–water partition coefficient (Wildman–Crippen LogP) is 2.01. The van der Waals surface area contributed by atoms with E-state index >= 15 is 0 Å². The molecule has 0 aliphatic heterocycles. The summed E-state index contributed by atoms with van der Waals surface area (Å²) in [5.74, 6) is -0.222. The summed E-state index contributed by atoms with van der Waals surface area (Å²) in [6.45, 7) is 4.71. The van der Waals surface area contributed by atoms with E-state index in [1.807, 2.05) is 6.92 Å². The highest BCUT2D eigenvalue weighted by molar-refractivity contribution is 5.77. The molecule has 4 nitrogen and oxygen atoms in total. The van der Waals surface area contributed by atoms with Gasteiger partial charge in [0.15, 0.2) is 6.61 Å². The molecule has 106 valence electrons. The number of ether oxygens (including phenoxy) is 1. The molecule has 1 unspecified atom stereocenters. The number of benzene rings is 1.